The number of aliphatic hydroxyl groups is 6. The lowest BCUT2D eigenvalue weighted by atomic mass is 9.68. The second kappa shape index (κ2) is 24.4. The summed E-state index contributed by atoms with van der Waals surface area (Å²) in [7, 11) is 5.29. The van der Waals surface area contributed by atoms with Gasteiger partial charge >= 0.3 is 5.97 Å². The molecule has 404 valence electrons. The zero-order chi connectivity index (χ0) is 52.9. The fourth-order valence-electron chi connectivity index (χ4n) is 11.8. The first-order chi connectivity index (χ1) is 33.2. The molecule has 71 heavy (non-hydrogen) atoms. The van der Waals surface area contributed by atoms with Crippen molar-refractivity contribution in [1.29, 1.82) is 0 Å². The van der Waals surface area contributed by atoms with Crippen molar-refractivity contribution in [3.63, 3.8) is 0 Å². The molecule has 19 atom stereocenters. The molecule has 5 rings (SSSR count). The van der Waals surface area contributed by atoms with Crippen molar-refractivity contribution in [2.75, 3.05) is 40.9 Å². The number of rotatable bonds is 15. The van der Waals surface area contributed by atoms with Crippen molar-refractivity contribution in [1.82, 2.24) is 24.8 Å². The Morgan fingerprint density at radius 1 is 1.01 bits per heavy atom. The number of aryl methyl sites for hydroxylation is 1. The molecule has 6 N–H and O–H groups in total. The lowest BCUT2D eigenvalue weighted by molar-refractivity contribution is -0.384. The number of nitro groups is 1. The Bertz CT molecular complexity index is 2010. The number of hydrogen-bond donors (Lipinski definition) is 6. The highest BCUT2D eigenvalue weighted by molar-refractivity contribution is 5.73. The molecule has 0 spiro atoms. The maximum atomic E-state index is 14.6. The van der Waals surface area contributed by atoms with Crippen molar-refractivity contribution >= 4 is 11.7 Å². The minimum absolute atomic E-state index is 0.0106. The fourth-order valence-corrected chi connectivity index (χ4v) is 11.8. The minimum Gasteiger partial charge on any atom is -0.459 e. The number of aromatic nitrogens is 3. The van der Waals surface area contributed by atoms with Crippen LogP contribution in [0.3, 0.4) is 0 Å². The third-order valence-corrected chi connectivity index (χ3v) is 16.2. The van der Waals surface area contributed by atoms with Crippen LogP contribution in [0.25, 0.3) is 0 Å². The highest BCUT2D eigenvalue weighted by atomic mass is 16.7. The number of cyclic esters (lactones) is 1. The topological polar surface area (TPSA) is 265 Å². The Morgan fingerprint density at radius 2 is 1.68 bits per heavy atom. The van der Waals surface area contributed by atoms with E-state index in [1.54, 1.807) is 64.6 Å². The number of non-ortho nitro benzene ring substituents is 1. The van der Waals surface area contributed by atoms with Gasteiger partial charge in [0, 0.05) is 56.4 Å². The van der Waals surface area contributed by atoms with E-state index in [0.717, 1.165) is 5.56 Å². The lowest BCUT2D eigenvalue weighted by Crippen LogP contribution is -2.62. The van der Waals surface area contributed by atoms with E-state index in [2.05, 4.69) is 15.2 Å². The molecule has 20 heteroatoms. The Kier molecular flexibility index (Phi) is 20.2. The van der Waals surface area contributed by atoms with Crippen molar-refractivity contribution in [3.05, 3.63) is 51.8 Å². The average molecular weight is 1010 g/mol. The molecule has 0 amide bonds. The van der Waals surface area contributed by atoms with Crippen molar-refractivity contribution in [2.24, 2.45) is 23.7 Å². The van der Waals surface area contributed by atoms with Crippen LogP contribution in [0.4, 0.5) is 5.69 Å². The van der Waals surface area contributed by atoms with Gasteiger partial charge in [0.1, 0.15) is 30.0 Å². The van der Waals surface area contributed by atoms with Crippen LogP contribution < -0.4 is 0 Å². The van der Waals surface area contributed by atoms with E-state index in [1.165, 1.54) is 26.2 Å². The van der Waals surface area contributed by atoms with Gasteiger partial charge in [-0.25, -0.2) is 4.68 Å². The zero-order valence-corrected chi connectivity index (χ0v) is 44.3. The maximum Gasteiger partial charge on any atom is 0.309 e. The van der Waals surface area contributed by atoms with Gasteiger partial charge < -0.3 is 64.1 Å². The van der Waals surface area contributed by atoms with Crippen LogP contribution in [0.15, 0.2) is 30.5 Å². The molecule has 20 nitrogen and oxygen atoms in total. The van der Waals surface area contributed by atoms with Gasteiger partial charge in [-0.15, -0.1) is 5.10 Å². The maximum absolute atomic E-state index is 14.6. The summed E-state index contributed by atoms with van der Waals surface area (Å²) in [4.78, 5) is 29.2. The molecular formula is C51H86N6O14. The number of benzene rings is 1. The average Bonchev–Trinajstić information content (AvgIpc) is 3.78. The van der Waals surface area contributed by atoms with E-state index in [9.17, 15) is 45.5 Å². The highest BCUT2D eigenvalue weighted by Crippen LogP contribution is 2.45. The standard InChI is InChI=1S/C51H86N6O14/c1-14-41-51(10,64)44(60)33(6)55(12)26-29(2)24-49(8,63)46(31(4)42(32(5)47(62)70-41)40-25-50(9,67-13)45(61)34(7)69-40)71-48-43(59)39(22-30(3)68-48)54(11)21-15-16-36-27-56(53-52-36)38(28-58)23-35-17-19-37(20-18-35)57(65)66/h17-20,27,29-34,38-46,48,58-61,63-64H,14-16,21-26,28H2,1-13H3/t29-,30-,31+,32-,33-,34+,38+,39+,40-,41-,42?,43-,44-,45+,46-,48+,49-,50-,51-/m1/s1. The molecular weight excluding hydrogens is 921 g/mol. The van der Waals surface area contributed by atoms with Crippen LogP contribution in [0.2, 0.25) is 0 Å². The Labute approximate surface area is 420 Å². The molecule has 2 aromatic rings. The van der Waals surface area contributed by atoms with Crippen LogP contribution in [-0.4, -0.2) is 191 Å². The Morgan fingerprint density at radius 3 is 2.28 bits per heavy atom. The van der Waals surface area contributed by atoms with Crippen LogP contribution in [0, 0.1) is 33.8 Å². The summed E-state index contributed by atoms with van der Waals surface area (Å²) in [6.45, 7) is 18.6. The van der Waals surface area contributed by atoms with E-state index in [-0.39, 0.29) is 43.6 Å². The summed E-state index contributed by atoms with van der Waals surface area (Å²) in [5.41, 5.74) is -2.98. The summed E-state index contributed by atoms with van der Waals surface area (Å²) in [6, 6.07) is 4.79. The number of ether oxygens (including phenoxy) is 5. The predicted molar refractivity (Wildman–Crippen MR) is 263 cm³/mol. The van der Waals surface area contributed by atoms with E-state index in [4.69, 9.17) is 23.7 Å². The molecule has 1 unspecified atom stereocenters. The number of hydrogen-bond acceptors (Lipinski definition) is 18. The molecule has 1 aromatic carbocycles. The molecule has 3 fully saturated rings. The van der Waals surface area contributed by atoms with E-state index in [1.807, 2.05) is 39.8 Å². The van der Waals surface area contributed by atoms with Gasteiger partial charge in [0.25, 0.3) is 5.69 Å². The highest BCUT2D eigenvalue weighted by Gasteiger charge is 2.55. The summed E-state index contributed by atoms with van der Waals surface area (Å²) >= 11 is 0. The predicted octanol–water partition coefficient (Wildman–Crippen LogP) is 3.45. The number of likely N-dealkylation sites (N-methyl/N-ethyl adjacent to an activating group) is 2. The SMILES string of the molecule is CC[C@H]1OC(=O)[C@H](C)C([C@H]2C[C@@](C)(OC)[C@@H](O)[C@H](C)O2)[C@H](C)[C@@H](O[C@@H]2O[C@H](C)C[C@H](N(C)CCCc3cn([C@H](CO)Cc4ccc([N+](=O)[O-])cc4)nn3)[C@H]2O)[C@](C)(O)C[C@@H](C)CN(C)[C@H](C)[C@@H](O)[C@]1(C)O. The van der Waals surface area contributed by atoms with E-state index < -0.39 is 113 Å². The van der Waals surface area contributed by atoms with Crippen molar-refractivity contribution < 1.29 is 64.0 Å². The third kappa shape index (κ3) is 13.7. The molecule has 0 saturated carbocycles. The van der Waals surface area contributed by atoms with Gasteiger partial charge in [0.15, 0.2) is 6.29 Å². The number of carbonyl (C=O) groups excluding carboxylic acids is 1. The van der Waals surface area contributed by atoms with Crippen LogP contribution >= 0.6 is 0 Å². The first kappa shape index (κ1) is 58.6. The lowest BCUT2D eigenvalue weighted by Gasteiger charge is -2.51. The monoisotopic (exact) mass is 1010 g/mol. The number of esters is 1. The molecule has 3 saturated heterocycles. The van der Waals surface area contributed by atoms with Crippen LogP contribution in [-0.2, 0) is 41.3 Å². The largest absolute Gasteiger partial charge is 0.459 e. The Hall–Kier alpha value is -3.25. The molecule has 4 heterocycles. The number of methoxy groups -OCH3 is 1. The minimum atomic E-state index is -1.83. The normalized spacial score (nSPS) is 39.9. The fraction of sp³-hybridized carbons (Fsp3) is 0.824. The molecule has 3 aliphatic rings. The van der Waals surface area contributed by atoms with Gasteiger partial charge in [0.05, 0.1) is 64.8 Å². The molecule has 0 bridgehead atoms. The summed E-state index contributed by atoms with van der Waals surface area (Å²) < 4.78 is 33.7. The van der Waals surface area contributed by atoms with Crippen LogP contribution in [0.1, 0.15) is 119 Å². The molecule has 1 aromatic heterocycles. The van der Waals surface area contributed by atoms with Crippen molar-refractivity contribution in [3.8, 4) is 0 Å². The van der Waals surface area contributed by atoms with Gasteiger partial charge in [-0.2, -0.15) is 0 Å². The van der Waals surface area contributed by atoms with Crippen molar-refractivity contribution in [2.45, 2.75) is 204 Å². The first-order valence-corrected chi connectivity index (χ1v) is 25.6. The molecule has 3 aliphatic heterocycles. The summed E-state index contributed by atoms with van der Waals surface area (Å²) in [5.74, 6) is -3.22. The number of aliphatic hydroxyl groups excluding tert-OH is 4. The third-order valence-electron chi connectivity index (χ3n) is 16.2. The zero-order valence-electron chi connectivity index (χ0n) is 44.3. The molecule has 0 aliphatic carbocycles. The van der Waals surface area contributed by atoms with Gasteiger partial charge in [-0.3, -0.25) is 14.9 Å². The first-order valence-electron chi connectivity index (χ1n) is 25.6. The second-order valence-corrected chi connectivity index (χ2v) is 22.0. The van der Waals surface area contributed by atoms with Gasteiger partial charge in [-0.1, -0.05) is 45.0 Å². The second-order valence-electron chi connectivity index (χ2n) is 22.0. The van der Waals surface area contributed by atoms with E-state index in [0.29, 0.717) is 44.5 Å². The number of nitrogens with zero attached hydrogens (tertiary/aromatic N) is 6. The smallest absolute Gasteiger partial charge is 0.309 e. The Balaban J connectivity index is 1.41. The van der Waals surface area contributed by atoms with E-state index >= 15 is 0 Å². The summed E-state index contributed by atoms with van der Waals surface area (Å²) in [5, 5.41) is 89.9. The van der Waals surface area contributed by atoms with Gasteiger partial charge in [0.2, 0.25) is 0 Å². The van der Waals surface area contributed by atoms with Crippen LogP contribution in [0.5, 0.6) is 0 Å². The number of nitro benzene ring substituents is 1. The summed E-state index contributed by atoms with van der Waals surface area (Å²) in [6.07, 6.45) is -4.14. The number of carbonyl (C=O) groups is 1. The molecule has 0 radical (unpaired) electrons. The van der Waals surface area contributed by atoms with Gasteiger partial charge in [-0.05, 0) is 118 Å². The quantitative estimate of drug-likeness (QED) is 0.0848.